The molecule has 4 aliphatic rings. The lowest BCUT2D eigenvalue weighted by Gasteiger charge is -2.63. The molecule has 14 nitrogen and oxygen atoms in total. The average molecular weight is 838 g/mol. The minimum atomic E-state index is -0.801. The number of benzene rings is 2. The van der Waals surface area contributed by atoms with Gasteiger partial charge in [-0.1, -0.05) is 39.3 Å². The third-order valence-electron chi connectivity index (χ3n) is 13.0. The lowest BCUT2D eigenvalue weighted by atomic mass is 9.49. The van der Waals surface area contributed by atoms with Gasteiger partial charge in [0.25, 0.3) is 17.4 Å². The van der Waals surface area contributed by atoms with E-state index in [0.29, 0.717) is 51.8 Å². The Labute approximate surface area is 352 Å². The highest BCUT2D eigenvalue weighted by molar-refractivity contribution is 6.31. The fourth-order valence-corrected chi connectivity index (χ4v) is 10.2. The third kappa shape index (κ3) is 7.78. The molecule has 0 spiro atoms. The van der Waals surface area contributed by atoms with E-state index < -0.39 is 34.6 Å². The second-order valence-electron chi connectivity index (χ2n) is 17.7. The standard InChI is InChI=1S/C44H49ClFN9O5/c1-43(2)41(44(3,4)42(43)60-30-7-5-27(23-47)32(45)22-30)51-38(57)33-9-10-34(37(46)49-33)54-15-13-26(14-16-54)25-52-17-19-53(20-18-52)29-6-8-31-28(21-29)24-48-55(40(31)59)35-11-12-36(56)50-39(35)58/h5-10,21-22,24,26,35,41-42H,11-20,25H2,1-4H3,(H,51,57)(H,50,56,58)/t35-,41?,42?/m0/s1. The van der Waals surface area contributed by atoms with E-state index in [2.05, 4.69) is 30.5 Å². The van der Waals surface area contributed by atoms with E-state index in [4.69, 9.17) is 16.3 Å². The van der Waals surface area contributed by atoms with Crippen LogP contribution in [0.4, 0.5) is 15.8 Å². The van der Waals surface area contributed by atoms with Crippen molar-refractivity contribution in [3.8, 4) is 11.8 Å². The largest absolute Gasteiger partial charge is 0.489 e. The molecule has 1 aliphatic carbocycles. The van der Waals surface area contributed by atoms with Crippen LogP contribution in [0, 0.1) is 34.0 Å². The summed E-state index contributed by atoms with van der Waals surface area (Å²) in [5.41, 5.74) is 0.510. The molecule has 0 radical (unpaired) electrons. The molecule has 2 aromatic heterocycles. The number of piperazine rings is 1. The summed E-state index contributed by atoms with van der Waals surface area (Å²) >= 11 is 6.23. The minimum Gasteiger partial charge on any atom is -0.489 e. The molecule has 0 bridgehead atoms. The lowest BCUT2D eigenvalue weighted by Crippen LogP contribution is -2.74. The Morgan fingerprint density at radius 2 is 1.70 bits per heavy atom. The molecular formula is C44H49ClFN9O5. The van der Waals surface area contributed by atoms with E-state index in [1.54, 1.807) is 42.6 Å². The van der Waals surface area contributed by atoms with Crippen molar-refractivity contribution in [2.45, 2.75) is 71.6 Å². The van der Waals surface area contributed by atoms with Crippen molar-refractivity contribution in [3.63, 3.8) is 0 Å². The van der Waals surface area contributed by atoms with E-state index >= 15 is 4.39 Å². The summed E-state index contributed by atoms with van der Waals surface area (Å²) in [4.78, 5) is 61.5. The van der Waals surface area contributed by atoms with Gasteiger partial charge in [-0.2, -0.15) is 14.8 Å². The van der Waals surface area contributed by atoms with E-state index in [9.17, 15) is 24.4 Å². The van der Waals surface area contributed by atoms with Crippen molar-refractivity contribution in [2.75, 3.05) is 55.6 Å². The molecule has 3 saturated heterocycles. The quantitative estimate of drug-likeness (QED) is 0.171. The normalized spacial score (nSPS) is 23.1. The number of nitriles is 1. The maximum Gasteiger partial charge on any atom is 0.275 e. The maximum absolute atomic E-state index is 15.6. The van der Waals surface area contributed by atoms with Gasteiger partial charge in [0, 0.05) is 86.2 Å². The van der Waals surface area contributed by atoms with Gasteiger partial charge in [0.1, 0.15) is 29.7 Å². The number of halogens is 2. The zero-order valence-electron chi connectivity index (χ0n) is 34.2. The number of aromatic nitrogens is 3. The summed E-state index contributed by atoms with van der Waals surface area (Å²) in [5.74, 6) is -0.932. The highest BCUT2D eigenvalue weighted by atomic mass is 35.5. The van der Waals surface area contributed by atoms with Crippen molar-refractivity contribution >= 4 is 51.5 Å². The number of hydrogen-bond donors (Lipinski definition) is 2. The molecule has 2 aromatic carbocycles. The van der Waals surface area contributed by atoms with Crippen molar-refractivity contribution in [1.82, 2.24) is 30.3 Å². The predicted molar refractivity (Wildman–Crippen MR) is 225 cm³/mol. The Balaban J connectivity index is 0.808. The molecule has 0 unspecified atom stereocenters. The first kappa shape index (κ1) is 41.2. The fourth-order valence-electron chi connectivity index (χ4n) is 9.99. The number of ether oxygens (including phenoxy) is 1. The van der Waals surface area contributed by atoms with Crippen LogP contribution in [0.5, 0.6) is 5.75 Å². The van der Waals surface area contributed by atoms with E-state index in [1.807, 2.05) is 50.8 Å². The predicted octanol–water partition coefficient (Wildman–Crippen LogP) is 5.08. The summed E-state index contributed by atoms with van der Waals surface area (Å²) in [6, 6.07) is 14.9. The van der Waals surface area contributed by atoms with Crippen molar-refractivity contribution in [1.29, 1.82) is 5.26 Å². The summed E-state index contributed by atoms with van der Waals surface area (Å²) in [5, 5.41) is 20.4. The van der Waals surface area contributed by atoms with Crippen LogP contribution in [0.3, 0.4) is 0 Å². The van der Waals surface area contributed by atoms with Gasteiger partial charge in [0.15, 0.2) is 0 Å². The summed E-state index contributed by atoms with van der Waals surface area (Å²) < 4.78 is 23.1. The topological polar surface area (TPSA) is 166 Å². The summed E-state index contributed by atoms with van der Waals surface area (Å²) in [6.07, 6.45) is 3.59. The number of hydrogen-bond acceptors (Lipinski definition) is 11. The van der Waals surface area contributed by atoms with Gasteiger partial charge in [-0.3, -0.25) is 29.4 Å². The first-order chi connectivity index (χ1) is 28.6. The number of carbonyl (C=O) groups is 3. The molecule has 4 fully saturated rings. The van der Waals surface area contributed by atoms with Crippen molar-refractivity contribution in [3.05, 3.63) is 87.3 Å². The first-order valence-electron chi connectivity index (χ1n) is 20.5. The van der Waals surface area contributed by atoms with Crippen LogP contribution in [-0.2, 0) is 9.59 Å². The van der Waals surface area contributed by atoms with Crippen LogP contribution in [0.2, 0.25) is 5.02 Å². The zero-order valence-corrected chi connectivity index (χ0v) is 35.0. The number of piperidine rings is 2. The van der Waals surface area contributed by atoms with Crippen LogP contribution in [0.15, 0.2) is 59.5 Å². The number of imide groups is 1. The van der Waals surface area contributed by atoms with Crippen LogP contribution >= 0.6 is 11.6 Å². The van der Waals surface area contributed by atoms with E-state index in [1.165, 1.54) is 4.68 Å². The molecule has 314 valence electrons. The van der Waals surface area contributed by atoms with Crippen molar-refractivity contribution in [2.24, 2.45) is 16.7 Å². The first-order valence-corrected chi connectivity index (χ1v) is 20.9. The molecule has 2 N–H and O–H groups in total. The molecule has 3 amide bonds. The second kappa shape index (κ2) is 16.1. The van der Waals surface area contributed by atoms with Gasteiger partial charge in [0.05, 0.1) is 27.9 Å². The van der Waals surface area contributed by atoms with Gasteiger partial charge in [-0.25, -0.2) is 9.67 Å². The molecule has 5 heterocycles. The Hall–Kier alpha value is -5.59. The SMILES string of the molecule is CC1(C)C(NC(=O)c2ccc(N3CCC(CN4CCN(c5ccc6c(=O)n([C@H]7CCC(=O)NC7=O)ncc6c5)CC4)CC3)c(F)n2)C(C)(C)C1Oc1ccc(C#N)c(Cl)c1. The van der Waals surface area contributed by atoms with Gasteiger partial charge in [-0.05, 0) is 67.6 Å². The minimum absolute atomic E-state index is 0.0218. The van der Waals surface area contributed by atoms with Crippen LogP contribution in [0.1, 0.15) is 75.5 Å². The van der Waals surface area contributed by atoms with Gasteiger partial charge >= 0.3 is 0 Å². The Morgan fingerprint density at radius 3 is 2.37 bits per heavy atom. The molecule has 60 heavy (non-hydrogen) atoms. The highest BCUT2D eigenvalue weighted by Crippen LogP contribution is 2.55. The molecule has 8 rings (SSSR count). The highest BCUT2D eigenvalue weighted by Gasteiger charge is 2.64. The third-order valence-corrected chi connectivity index (χ3v) is 13.3. The molecule has 16 heteroatoms. The lowest BCUT2D eigenvalue weighted by molar-refractivity contribution is -0.164. The second-order valence-corrected chi connectivity index (χ2v) is 18.1. The fraction of sp³-hybridized carbons (Fsp3) is 0.477. The molecule has 1 saturated carbocycles. The maximum atomic E-state index is 15.6. The van der Waals surface area contributed by atoms with Crippen molar-refractivity contribution < 1.29 is 23.5 Å². The number of fused-ring (bicyclic) bond motifs is 1. The monoisotopic (exact) mass is 837 g/mol. The Kier molecular flexibility index (Phi) is 11.1. The number of nitrogens with zero attached hydrogens (tertiary/aromatic N) is 7. The number of rotatable bonds is 9. The Bertz CT molecular complexity index is 2440. The van der Waals surface area contributed by atoms with Crippen LogP contribution in [0.25, 0.3) is 10.8 Å². The summed E-state index contributed by atoms with van der Waals surface area (Å²) in [7, 11) is 0. The smallest absolute Gasteiger partial charge is 0.275 e. The average Bonchev–Trinajstić information content (AvgIpc) is 3.22. The van der Waals surface area contributed by atoms with E-state index in [-0.39, 0.29) is 42.1 Å². The number of amides is 3. The number of anilines is 2. The number of carbonyl (C=O) groups excluding carboxylic acids is 3. The van der Waals surface area contributed by atoms with Gasteiger partial charge in [0.2, 0.25) is 11.9 Å². The van der Waals surface area contributed by atoms with Gasteiger partial charge < -0.3 is 19.9 Å². The molecular weight excluding hydrogens is 789 g/mol. The van der Waals surface area contributed by atoms with Crippen LogP contribution in [-0.4, -0.2) is 95.3 Å². The Morgan fingerprint density at radius 1 is 0.967 bits per heavy atom. The molecule has 3 aliphatic heterocycles. The van der Waals surface area contributed by atoms with Crippen LogP contribution < -0.4 is 30.7 Å². The molecule has 1 atom stereocenters. The molecule has 4 aromatic rings. The number of nitrogens with one attached hydrogen (secondary N) is 2. The zero-order chi connectivity index (χ0) is 42.5. The van der Waals surface area contributed by atoms with Gasteiger partial charge in [-0.15, -0.1) is 0 Å². The van der Waals surface area contributed by atoms with E-state index in [0.717, 1.165) is 51.3 Å². The summed E-state index contributed by atoms with van der Waals surface area (Å²) in [6.45, 7) is 13.9. The number of pyridine rings is 1.